The minimum Gasteiger partial charge on any atom is -0.490 e. The summed E-state index contributed by atoms with van der Waals surface area (Å²) in [5, 5.41) is 0. The lowest BCUT2D eigenvalue weighted by atomic mass is 10.1. The first kappa shape index (κ1) is 10.8. The van der Waals surface area contributed by atoms with Crippen LogP contribution in [0.3, 0.4) is 0 Å². The predicted molar refractivity (Wildman–Crippen MR) is 57.9 cm³/mol. The first-order valence-corrected chi connectivity index (χ1v) is 5.35. The summed E-state index contributed by atoms with van der Waals surface area (Å²) >= 11 is 0. The second-order valence-electron chi connectivity index (χ2n) is 3.40. The number of hydrogen-bond acceptors (Lipinski definition) is 4. The molecule has 0 aromatic heterocycles. The van der Waals surface area contributed by atoms with E-state index < -0.39 is 0 Å². The van der Waals surface area contributed by atoms with Crippen molar-refractivity contribution in [1.29, 1.82) is 0 Å². The van der Waals surface area contributed by atoms with E-state index in [-0.39, 0.29) is 5.97 Å². The predicted octanol–water partition coefficient (Wildman–Crippen LogP) is 2.15. The van der Waals surface area contributed by atoms with Crippen LogP contribution in [0.1, 0.15) is 29.8 Å². The number of hydrogen-bond donors (Lipinski definition) is 0. The molecule has 0 saturated carbocycles. The van der Waals surface area contributed by atoms with Gasteiger partial charge in [-0.05, 0) is 26.0 Å². The van der Waals surface area contributed by atoms with Crippen LogP contribution in [0.5, 0.6) is 11.5 Å². The van der Waals surface area contributed by atoms with Gasteiger partial charge in [0.05, 0.1) is 18.8 Å². The van der Waals surface area contributed by atoms with Gasteiger partial charge in [-0.15, -0.1) is 0 Å². The number of fused-ring (bicyclic) bond motifs is 1. The summed E-state index contributed by atoms with van der Waals surface area (Å²) in [4.78, 5) is 11.4. The van der Waals surface area contributed by atoms with E-state index in [9.17, 15) is 4.79 Å². The largest absolute Gasteiger partial charge is 0.490 e. The van der Waals surface area contributed by atoms with Gasteiger partial charge in [0.15, 0.2) is 11.5 Å². The topological polar surface area (TPSA) is 44.8 Å². The molecule has 0 unspecified atom stereocenters. The number of carbonyl (C=O) groups excluding carboxylic acids is 1. The number of carbonyl (C=O) groups is 1. The molecule has 16 heavy (non-hydrogen) atoms. The summed E-state index contributed by atoms with van der Waals surface area (Å²) in [5.41, 5.74) is 1.43. The first-order chi connectivity index (χ1) is 7.76. The Morgan fingerprint density at radius 2 is 1.81 bits per heavy atom. The zero-order valence-electron chi connectivity index (χ0n) is 9.41. The molecule has 0 spiro atoms. The van der Waals surface area contributed by atoms with Crippen molar-refractivity contribution in [2.45, 2.75) is 20.5 Å². The summed E-state index contributed by atoms with van der Waals surface area (Å²) in [6, 6.07) is 3.51. The highest BCUT2D eigenvalue weighted by Crippen LogP contribution is 2.34. The monoisotopic (exact) mass is 222 g/mol. The van der Waals surface area contributed by atoms with Crippen molar-refractivity contribution in [3.8, 4) is 11.5 Å². The molecule has 0 saturated heterocycles. The van der Waals surface area contributed by atoms with Crippen molar-refractivity contribution >= 4 is 5.97 Å². The zero-order chi connectivity index (χ0) is 11.5. The number of ether oxygens (including phenoxy) is 3. The molecule has 1 aliphatic rings. The van der Waals surface area contributed by atoms with Crippen LogP contribution in [0.15, 0.2) is 12.1 Å². The van der Waals surface area contributed by atoms with E-state index in [1.54, 1.807) is 6.07 Å². The van der Waals surface area contributed by atoms with Crippen molar-refractivity contribution in [2.24, 2.45) is 0 Å². The number of benzene rings is 1. The van der Waals surface area contributed by atoms with Crippen LogP contribution in [-0.2, 0) is 11.3 Å². The first-order valence-electron chi connectivity index (χ1n) is 5.35. The maximum atomic E-state index is 11.4. The molecule has 1 aromatic carbocycles. The van der Waals surface area contributed by atoms with Crippen LogP contribution < -0.4 is 9.47 Å². The molecule has 0 bridgehead atoms. The van der Waals surface area contributed by atoms with Gasteiger partial charge in [-0.3, -0.25) is 0 Å². The second kappa shape index (κ2) is 4.43. The van der Waals surface area contributed by atoms with Crippen LogP contribution >= 0.6 is 0 Å². The van der Waals surface area contributed by atoms with E-state index in [4.69, 9.17) is 14.2 Å². The molecule has 0 atom stereocenters. The minimum atomic E-state index is -0.293. The van der Waals surface area contributed by atoms with Crippen molar-refractivity contribution in [3.63, 3.8) is 0 Å². The van der Waals surface area contributed by atoms with Gasteiger partial charge in [0.25, 0.3) is 0 Å². The van der Waals surface area contributed by atoms with Crippen LogP contribution in [0.25, 0.3) is 0 Å². The van der Waals surface area contributed by atoms with Gasteiger partial charge >= 0.3 is 5.97 Å². The van der Waals surface area contributed by atoms with Gasteiger partial charge in [-0.1, -0.05) is 0 Å². The summed E-state index contributed by atoms with van der Waals surface area (Å²) in [5.74, 6) is 0.974. The Kier molecular flexibility index (Phi) is 2.99. The van der Waals surface area contributed by atoms with E-state index in [0.29, 0.717) is 36.9 Å². The van der Waals surface area contributed by atoms with Crippen molar-refractivity contribution in [3.05, 3.63) is 23.3 Å². The van der Waals surface area contributed by atoms with Gasteiger partial charge in [-0.25, -0.2) is 4.79 Å². The highest BCUT2D eigenvalue weighted by molar-refractivity contribution is 5.94. The molecule has 0 aliphatic carbocycles. The molecule has 0 amide bonds. The van der Waals surface area contributed by atoms with E-state index in [1.165, 1.54) is 0 Å². The third-order valence-electron chi connectivity index (χ3n) is 2.35. The highest BCUT2D eigenvalue weighted by Gasteiger charge is 2.24. The lowest BCUT2D eigenvalue weighted by molar-refractivity contribution is 0.0535. The van der Waals surface area contributed by atoms with E-state index in [2.05, 4.69) is 0 Å². The molecule has 2 rings (SSSR count). The fourth-order valence-corrected chi connectivity index (χ4v) is 1.67. The molecule has 1 heterocycles. The van der Waals surface area contributed by atoms with Crippen LogP contribution in [-0.4, -0.2) is 19.2 Å². The van der Waals surface area contributed by atoms with Gasteiger partial charge in [0.1, 0.15) is 6.61 Å². The zero-order valence-corrected chi connectivity index (χ0v) is 9.41. The third kappa shape index (κ3) is 1.83. The fraction of sp³-hybridized carbons (Fsp3) is 0.417. The van der Waals surface area contributed by atoms with E-state index >= 15 is 0 Å². The van der Waals surface area contributed by atoms with Gasteiger partial charge in [0, 0.05) is 5.56 Å². The second-order valence-corrected chi connectivity index (χ2v) is 3.40. The summed E-state index contributed by atoms with van der Waals surface area (Å²) < 4.78 is 15.8. The molecule has 4 heteroatoms. The average molecular weight is 222 g/mol. The molecule has 4 nitrogen and oxygen atoms in total. The molecule has 0 radical (unpaired) electrons. The Morgan fingerprint density at radius 1 is 1.19 bits per heavy atom. The number of esters is 1. The minimum absolute atomic E-state index is 0.293. The Hall–Kier alpha value is -1.71. The Labute approximate surface area is 94.1 Å². The van der Waals surface area contributed by atoms with Crippen molar-refractivity contribution < 1.29 is 19.0 Å². The lowest BCUT2D eigenvalue weighted by Crippen LogP contribution is -2.01. The average Bonchev–Trinajstić information content (AvgIpc) is 2.62. The molecule has 1 aromatic rings. The standard InChI is InChI=1S/C12H14O4/c1-3-14-10-5-8-7-16-12(13)9(8)6-11(10)15-4-2/h5-6H,3-4,7H2,1-2H3. The van der Waals surface area contributed by atoms with Gasteiger partial charge < -0.3 is 14.2 Å². The van der Waals surface area contributed by atoms with Gasteiger partial charge in [0.2, 0.25) is 0 Å². The molecular formula is C12H14O4. The van der Waals surface area contributed by atoms with Crippen molar-refractivity contribution in [2.75, 3.05) is 13.2 Å². The van der Waals surface area contributed by atoms with Crippen molar-refractivity contribution in [1.82, 2.24) is 0 Å². The number of rotatable bonds is 4. The maximum absolute atomic E-state index is 11.4. The Morgan fingerprint density at radius 3 is 2.44 bits per heavy atom. The lowest BCUT2D eigenvalue weighted by Gasteiger charge is -2.11. The molecule has 86 valence electrons. The Bertz CT molecular complexity index is 412. The summed E-state index contributed by atoms with van der Waals surface area (Å²) in [6.45, 7) is 5.22. The molecule has 0 N–H and O–H groups in total. The van der Waals surface area contributed by atoms with Gasteiger partial charge in [-0.2, -0.15) is 0 Å². The SMILES string of the molecule is CCOc1cc2c(cc1OCC)C(=O)OC2. The fourth-order valence-electron chi connectivity index (χ4n) is 1.67. The highest BCUT2D eigenvalue weighted by atomic mass is 16.5. The van der Waals surface area contributed by atoms with Crippen LogP contribution in [0.4, 0.5) is 0 Å². The smallest absolute Gasteiger partial charge is 0.339 e. The quantitative estimate of drug-likeness (QED) is 0.732. The van der Waals surface area contributed by atoms with Crippen LogP contribution in [0, 0.1) is 0 Å². The normalized spacial score (nSPS) is 13.2. The molecular weight excluding hydrogens is 208 g/mol. The Balaban J connectivity index is 2.41. The van der Waals surface area contributed by atoms with Crippen LogP contribution in [0.2, 0.25) is 0 Å². The summed E-state index contributed by atoms with van der Waals surface area (Å²) in [7, 11) is 0. The third-order valence-corrected chi connectivity index (χ3v) is 2.35. The van der Waals surface area contributed by atoms with E-state index in [0.717, 1.165) is 5.56 Å². The molecule has 0 fully saturated rings. The molecule has 1 aliphatic heterocycles. The number of cyclic esters (lactones) is 1. The van der Waals surface area contributed by atoms with E-state index in [1.807, 2.05) is 19.9 Å². The summed E-state index contributed by atoms with van der Waals surface area (Å²) in [6.07, 6.45) is 0. The maximum Gasteiger partial charge on any atom is 0.339 e.